The molecule has 4 heteroatoms. The van der Waals surface area contributed by atoms with Gasteiger partial charge in [0.15, 0.2) is 0 Å². The Kier molecular flexibility index (Phi) is 5.61. The lowest BCUT2D eigenvalue weighted by molar-refractivity contribution is 0.0600. The van der Waals surface area contributed by atoms with Gasteiger partial charge < -0.3 is 10.1 Å². The number of rotatable bonds is 5. The second kappa shape index (κ2) is 7.23. The van der Waals surface area contributed by atoms with Gasteiger partial charge in [0, 0.05) is 11.0 Å². The number of esters is 1. The van der Waals surface area contributed by atoms with Gasteiger partial charge in [0.05, 0.1) is 12.7 Å². The van der Waals surface area contributed by atoms with Crippen molar-refractivity contribution >= 4 is 21.9 Å². The van der Waals surface area contributed by atoms with Crippen molar-refractivity contribution in [3.63, 3.8) is 0 Å². The number of halogens is 1. The molecule has 0 heterocycles. The third-order valence-electron chi connectivity index (χ3n) is 4.03. The van der Waals surface area contributed by atoms with E-state index in [1.165, 1.54) is 31.9 Å². The van der Waals surface area contributed by atoms with Gasteiger partial charge in [-0.05, 0) is 48.9 Å². The van der Waals surface area contributed by atoms with E-state index in [0.717, 1.165) is 29.4 Å². The minimum Gasteiger partial charge on any atom is -0.465 e. The first-order valence-electron chi connectivity index (χ1n) is 7.17. The summed E-state index contributed by atoms with van der Waals surface area (Å²) in [6, 6.07) is 5.60. The highest BCUT2D eigenvalue weighted by atomic mass is 79.9. The van der Waals surface area contributed by atoms with Gasteiger partial charge in [-0.25, -0.2) is 4.79 Å². The Labute approximate surface area is 129 Å². The Balaban J connectivity index is 1.85. The van der Waals surface area contributed by atoms with Crippen LogP contribution in [0.15, 0.2) is 22.7 Å². The molecule has 0 radical (unpaired) electrons. The SMILES string of the molecule is COC(=O)c1ccc(CNCC2CCC(C)C2)c(Br)c1. The molecule has 1 aliphatic rings. The highest BCUT2D eigenvalue weighted by Gasteiger charge is 2.20. The fraction of sp³-hybridized carbons (Fsp3) is 0.562. The molecule has 1 saturated carbocycles. The molecule has 1 aromatic carbocycles. The van der Waals surface area contributed by atoms with Crippen LogP contribution in [0.25, 0.3) is 0 Å². The van der Waals surface area contributed by atoms with Crippen LogP contribution in [-0.2, 0) is 11.3 Å². The lowest BCUT2D eigenvalue weighted by Gasteiger charge is -2.12. The van der Waals surface area contributed by atoms with Gasteiger partial charge >= 0.3 is 5.97 Å². The lowest BCUT2D eigenvalue weighted by Crippen LogP contribution is -2.21. The molecule has 2 atom stereocenters. The molecule has 0 spiro atoms. The van der Waals surface area contributed by atoms with E-state index in [9.17, 15) is 4.79 Å². The fourth-order valence-electron chi connectivity index (χ4n) is 2.86. The molecule has 3 nitrogen and oxygen atoms in total. The Morgan fingerprint density at radius 3 is 2.85 bits per heavy atom. The van der Waals surface area contributed by atoms with Crippen LogP contribution >= 0.6 is 15.9 Å². The van der Waals surface area contributed by atoms with E-state index in [2.05, 4.69) is 28.2 Å². The highest BCUT2D eigenvalue weighted by Crippen LogP contribution is 2.29. The maximum atomic E-state index is 11.4. The van der Waals surface area contributed by atoms with Crippen molar-refractivity contribution in [2.24, 2.45) is 11.8 Å². The summed E-state index contributed by atoms with van der Waals surface area (Å²) in [5.74, 6) is 1.40. The van der Waals surface area contributed by atoms with E-state index in [4.69, 9.17) is 4.74 Å². The zero-order valence-electron chi connectivity index (χ0n) is 12.1. The van der Waals surface area contributed by atoms with E-state index in [1.807, 2.05) is 18.2 Å². The number of carbonyl (C=O) groups is 1. The van der Waals surface area contributed by atoms with E-state index in [-0.39, 0.29) is 5.97 Å². The molecule has 1 aliphatic carbocycles. The maximum absolute atomic E-state index is 11.4. The van der Waals surface area contributed by atoms with Crippen LogP contribution in [0.4, 0.5) is 0 Å². The Morgan fingerprint density at radius 2 is 2.25 bits per heavy atom. The summed E-state index contributed by atoms with van der Waals surface area (Å²) in [4.78, 5) is 11.4. The molecular formula is C16H22BrNO2. The molecule has 1 fully saturated rings. The first-order chi connectivity index (χ1) is 9.60. The van der Waals surface area contributed by atoms with Crippen LogP contribution in [0.3, 0.4) is 0 Å². The molecule has 0 aromatic heterocycles. The molecule has 2 unspecified atom stereocenters. The van der Waals surface area contributed by atoms with Gasteiger partial charge in [-0.2, -0.15) is 0 Å². The predicted molar refractivity (Wildman–Crippen MR) is 83.7 cm³/mol. The van der Waals surface area contributed by atoms with Crippen molar-refractivity contribution in [2.75, 3.05) is 13.7 Å². The highest BCUT2D eigenvalue weighted by molar-refractivity contribution is 9.10. The van der Waals surface area contributed by atoms with Gasteiger partial charge in [-0.15, -0.1) is 0 Å². The van der Waals surface area contributed by atoms with Crippen LogP contribution in [0, 0.1) is 11.8 Å². The molecule has 1 N–H and O–H groups in total. The maximum Gasteiger partial charge on any atom is 0.337 e. The van der Waals surface area contributed by atoms with E-state index >= 15 is 0 Å². The quantitative estimate of drug-likeness (QED) is 0.830. The normalized spacial score (nSPS) is 21.9. The molecular weight excluding hydrogens is 318 g/mol. The molecule has 110 valence electrons. The average Bonchev–Trinajstić information content (AvgIpc) is 2.85. The van der Waals surface area contributed by atoms with Crippen LogP contribution in [0.2, 0.25) is 0 Å². The number of methoxy groups -OCH3 is 1. The van der Waals surface area contributed by atoms with Crippen molar-refractivity contribution in [3.8, 4) is 0 Å². The zero-order valence-corrected chi connectivity index (χ0v) is 13.7. The second-order valence-electron chi connectivity index (χ2n) is 5.71. The molecule has 0 aliphatic heterocycles. The van der Waals surface area contributed by atoms with Crippen LogP contribution in [0.5, 0.6) is 0 Å². The number of hydrogen-bond donors (Lipinski definition) is 1. The summed E-state index contributed by atoms with van der Waals surface area (Å²) >= 11 is 3.52. The van der Waals surface area contributed by atoms with Gasteiger partial charge in [0.25, 0.3) is 0 Å². The van der Waals surface area contributed by atoms with E-state index in [1.54, 1.807) is 0 Å². The summed E-state index contributed by atoms with van der Waals surface area (Å²) in [7, 11) is 1.40. The second-order valence-corrected chi connectivity index (χ2v) is 6.57. The number of benzene rings is 1. The standard InChI is InChI=1S/C16H22BrNO2/c1-11-3-4-12(7-11)9-18-10-14-6-5-13(8-15(14)17)16(19)20-2/h5-6,8,11-12,18H,3-4,7,9-10H2,1-2H3. The van der Waals surface area contributed by atoms with E-state index in [0.29, 0.717) is 5.56 Å². The average molecular weight is 340 g/mol. The summed E-state index contributed by atoms with van der Waals surface area (Å²) in [6.45, 7) is 4.24. The zero-order chi connectivity index (χ0) is 14.5. The Hall–Kier alpha value is -0.870. The number of nitrogens with one attached hydrogen (secondary N) is 1. The third kappa shape index (κ3) is 4.06. The van der Waals surface area contributed by atoms with Crippen molar-refractivity contribution in [1.29, 1.82) is 0 Å². The van der Waals surface area contributed by atoms with Gasteiger partial charge in [0.1, 0.15) is 0 Å². The minimum atomic E-state index is -0.301. The number of ether oxygens (including phenoxy) is 1. The summed E-state index contributed by atoms with van der Waals surface area (Å²) in [5, 5.41) is 3.52. The molecule has 1 aromatic rings. The fourth-order valence-corrected chi connectivity index (χ4v) is 3.38. The number of carbonyl (C=O) groups excluding carboxylic acids is 1. The molecule has 20 heavy (non-hydrogen) atoms. The van der Waals surface area contributed by atoms with Gasteiger partial charge in [-0.3, -0.25) is 0 Å². The van der Waals surface area contributed by atoms with Crippen LogP contribution < -0.4 is 5.32 Å². The Bertz CT molecular complexity index is 476. The Morgan fingerprint density at radius 1 is 1.45 bits per heavy atom. The topological polar surface area (TPSA) is 38.3 Å². The van der Waals surface area contributed by atoms with Crippen molar-refractivity contribution in [1.82, 2.24) is 5.32 Å². The molecule has 0 bridgehead atoms. The van der Waals surface area contributed by atoms with Crippen molar-refractivity contribution in [2.45, 2.75) is 32.7 Å². The van der Waals surface area contributed by atoms with Crippen LogP contribution in [-0.4, -0.2) is 19.6 Å². The monoisotopic (exact) mass is 339 g/mol. The van der Waals surface area contributed by atoms with Gasteiger partial charge in [0.2, 0.25) is 0 Å². The largest absolute Gasteiger partial charge is 0.465 e. The van der Waals surface area contributed by atoms with Crippen molar-refractivity contribution in [3.05, 3.63) is 33.8 Å². The summed E-state index contributed by atoms with van der Waals surface area (Å²) in [6.07, 6.45) is 4.05. The number of hydrogen-bond acceptors (Lipinski definition) is 3. The summed E-state index contributed by atoms with van der Waals surface area (Å²) < 4.78 is 5.67. The molecule has 2 rings (SSSR count). The van der Waals surface area contributed by atoms with Gasteiger partial charge in [-0.1, -0.05) is 35.3 Å². The first-order valence-corrected chi connectivity index (χ1v) is 7.97. The molecule has 0 saturated heterocycles. The van der Waals surface area contributed by atoms with Crippen LogP contribution in [0.1, 0.15) is 42.1 Å². The molecule has 0 amide bonds. The lowest BCUT2D eigenvalue weighted by atomic mass is 10.1. The smallest absolute Gasteiger partial charge is 0.337 e. The van der Waals surface area contributed by atoms with Crippen molar-refractivity contribution < 1.29 is 9.53 Å². The van der Waals surface area contributed by atoms with E-state index < -0.39 is 0 Å². The predicted octanol–water partition coefficient (Wildman–Crippen LogP) is 3.76. The minimum absolute atomic E-state index is 0.301. The summed E-state index contributed by atoms with van der Waals surface area (Å²) in [5.41, 5.74) is 1.75. The first kappa shape index (κ1) is 15.5. The third-order valence-corrected chi connectivity index (χ3v) is 4.76.